The Balaban J connectivity index is 1.95. The third-order valence-corrected chi connectivity index (χ3v) is 3.71. The summed E-state index contributed by atoms with van der Waals surface area (Å²) in [6.07, 6.45) is 5.20. The van der Waals surface area contributed by atoms with Crippen molar-refractivity contribution in [1.82, 2.24) is 4.98 Å². The van der Waals surface area contributed by atoms with Crippen LogP contribution in [-0.2, 0) is 6.42 Å². The summed E-state index contributed by atoms with van der Waals surface area (Å²) in [5.41, 5.74) is 9.54. The standard InChI is InChI=1S/C15H18N2O/c1-9(18)14(16)7-12-8-17-15-5-4-11(6-13(12)15)10-2-3-10/h4-6,8,10,14,17-18H,1-3,7,16H2. The minimum atomic E-state index is -0.395. The summed E-state index contributed by atoms with van der Waals surface area (Å²) in [5, 5.41) is 10.5. The predicted octanol–water partition coefficient (Wildman–Crippen LogP) is 2.99. The van der Waals surface area contributed by atoms with Crippen molar-refractivity contribution in [3.05, 3.63) is 47.9 Å². The maximum atomic E-state index is 9.31. The van der Waals surface area contributed by atoms with Gasteiger partial charge in [-0.2, -0.15) is 0 Å². The minimum Gasteiger partial charge on any atom is -0.511 e. The molecule has 1 aliphatic carbocycles. The van der Waals surface area contributed by atoms with Crippen LogP contribution < -0.4 is 5.73 Å². The Bertz CT molecular complexity index is 596. The Morgan fingerprint density at radius 1 is 1.50 bits per heavy atom. The monoisotopic (exact) mass is 242 g/mol. The lowest BCUT2D eigenvalue weighted by Crippen LogP contribution is -2.24. The summed E-state index contributed by atoms with van der Waals surface area (Å²) in [6.45, 7) is 3.49. The van der Waals surface area contributed by atoms with Crippen LogP contribution in [0, 0.1) is 0 Å². The van der Waals surface area contributed by atoms with Gasteiger partial charge in [0.2, 0.25) is 0 Å². The van der Waals surface area contributed by atoms with Gasteiger partial charge in [-0.15, -0.1) is 0 Å². The molecule has 1 atom stereocenters. The second kappa shape index (κ2) is 4.18. The van der Waals surface area contributed by atoms with Gasteiger partial charge in [0, 0.05) is 17.1 Å². The Morgan fingerprint density at radius 3 is 2.94 bits per heavy atom. The zero-order chi connectivity index (χ0) is 12.7. The van der Waals surface area contributed by atoms with E-state index in [2.05, 4.69) is 29.8 Å². The average molecular weight is 242 g/mol. The van der Waals surface area contributed by atoms with Crippen LogP contribution >= 0.6 is 0 Å². The van der Waals surface area contributed by atoms with Gasteiger partial charge >= 0.3 is 0 Å². The van der Waals surface area contributed by atoms with E-state index in [1.54, 1.807) is 0 Å². The summed E-state index contributed by atoms with van der Waals surface area (Å²) in [4.78, 5) is 3.25. The molecule has 18 heavy (non-hydrogen) atoms. The third kappa shape index (κ3) is 2.02. The van der Waals surface area contributed by atoms with Gasteiger partial charge in [0.15, 0.2) is 0 Å². The van der Waals surface area contributed by atoms with Gasteiger partial charge in [-0.1, -0.05) is 12.6 Å². The number of aromatic amines is 1. The second-order valence-electron chi connectivity index (χ2n) is 5.20. The predicted molar refractivity (Wildman–Crippen MR) is 73.7 cm³/mol. The van der Waals surface area contributed by atoms with Gasteiger partial charge in [0.1, 0.15) is 5.76 Å². The first-order valence-corrected chi connectivity index (χ1v) is 6.38. The number of benzene rings is 1. The largest absolute Gasteiger partial charge is 0.511 e. The van der Waals surface area contributed by atoms with Crippen LogP contribution in [-0.4, -0.2) is 16.1 Å². The quantitative estimate of drug-likeness (QED) is 0.722. The summed E-state index contributed by atoms with van der Waals surface area (Å²) >= 11 is 0. The van der Waals surface area contributed by atoms with E-state index in [9.17, 15) is 5.11 Å². The van der Waals surface area contributed by atoms with E-state index >= 15 is 0 Å². The van der Waals surface area contributed by atoms with E-state index in [0.717, 1.165) is 17.0 Å². The average Bonchev–Trinajstić information content (AvgIpc) is 3.13. The van der Waals surface area contributed by atoms with Gasteiger partial charge < -0.3 is 15.8 Å². The fourth-order valence-electron chi connectivity index (χ4n) is 2.39. The topological polar surface area (TPSA) is 62.0 Å². The molecule has 0 amide bonds. The SMILES string of the molecule is C=C(O)C(N)Cc1c[nH]c2ccc(C3CC3)cc12. The number of nitrogens with one attached hydrogen (secondary N) is 1. The molecule has 3 nitrogen and oxygen atoms in total. The number of hydrogen-bond donors (Lipinski definition) is 3. The maximum Gasteiger partial charge on any atom is 0.102 e. The number of aliphatic hydroxyl groups excluding tert-OH is 1. The molecule has 1 aliphatic rings. The van der Waals surface area contributed by atoms with Crippen molar-refractivity contribution < 1.29 is 5.11 Å². The van der Waals surface area contributed by atoms with E-state index in [1.807, 2.05) is 6.20 Å². The first-order chi connectivity index (χ1) is 8.65. The Hall–Kier alpha value is -1.74. The molecule has 1 heterocycles. The zero-order valence-corrected chi connectivity index (χ0v) is 10.3. The lowest BCUT2D eigenvalue weighted by molar-refractivity contribution is 0.369. The number of hydrogen-bond acceptors (Lipinski definition) is 2. The van der Waals surface area contributed by atoms with Crippen molar-refractivity contribution in [2.45, 2.75) is 31.2 Å². The molecule has 1 unspecified atom stereocenters. The number of aromatic nitrogens is 1. The van der Waals surface area contributed by atoms with Crippen LogP contribution in [0.2, 0.25) is 0 Å². The van der Waals surface area contributed by atoms with Crippen LogP contribution in [0.5, 0.6) is 0 Å². The van der Waals surface area contributed by atoms with Crippen molar-refractivity contribution in [1.29, 1.82) is 0 Å². The fourth-order valence-corrected chi connectivity index (χ4v) is 2.39. The molecular weight excluding hydrogens is 224 g/mol. The van der Waals surface area contributed by atoms with E-state index in [0.29, 0.717) is 6.42 Å². The molecular formula is C15H18N2O. The smallest absolute Gasteiger partial charge is 0.102 e. The molecule has 1 fully saturated rings. The van der Waals surface area contributed by atoms with Crippen LogP contribution in [0.15, 0.2) is 36.7 Å². The molecule has 1 saturated carbocycles. The first kappa shape index (κ1) is 11.4. The lowest BCUT2D eigenvalue weighted by atomic mass is 10.0. The minimum absolute atomic E-state index is 0.0442. The normalized spacial score (nSPS) is 16.9. The van der Waals surface area contributed by atoms with Crippen molar-refractivity contribution in [3.63, 3.8) is 0 Å². The molecule has 3 rings (SSSR count). The molecule has 3 heteroatoms. The maximum absolute atomic E-state index is 9.31. The fraction of sp³-hybridized carbons (Fsp3) is 0.333. The van der Waals surface area contributed by atoms with E-state index in [-0.39, 0.29) is 5.76 Å². The highest BCUT2D eigenvalue weighted by Crippen LogP contribution is 2.41. The van der Waals surface area contributed by atoms with Crippen LogP contribution in [0.4, 0.5) is 0 Å². The summed E-state index contributed by atoms with van der Waals surface area (Å²) in [7, 11) is 0. The lowest BCUT2D eigenvalue weighted by Gasteiger charge is -2.09. The summed E-state index contributed by atoms with van der Waals surface area (Å²) in [6, 6.07) is 6.19. The van der Waals surface area contributed by atoms with Crippen LogP contribution in [0.1, 0.15) is 29.9 Å². The van der Waals surface area contributed by atoms with Crippen molar-refractivity contribution in [2.75, 3.05) is 0 Å². The number of aliphatic hydroxyl groups is 1. The Morgan fingerprint density at radius 2 is 2.28 bits per heavy atom. The molecule has 0 spiro atoms. The highest BCUT2D eigenvalue weighted by atomic mass is 16.3. The highest BCUT2D eigenvalue weighted by molar-refractivity contribution is 5.84. The van der Waals surface area contributed by atoms with Gasteiger partial charge in [0.25, 0.3) is 0 Å². The van der Waals surface area contributed by atoms with Crippen molar-refractivity contribution >= 4 is 10.9 Å². The van der Waals surface area contributed by atoms with Crippen LogP contribution in [0.25, 0.3) is 10.9 Å². The van der Waals surface area contributed by atoms with Crippen LogP contribution in [0.3, 0.4) is 0 Å². The second-order valence-corrected chi connectivity index (χ2v) is 5.20. The van der Waals surface area contributed by atoms with Gasteiger partial charge in [-0.3, -0.25) is 0 Å². The molecule has 2 aromatic rings. The molecule has 0 aliphatic heterocycles. The number of nitrogens with two attached hydrogens (primary N) is 1. The van der Waals surface area contributed by atoms with Crippen molar-refractivity contribution in [2.24, 2.45) is 5.73 Å². The number of rotatable bonds is 4. The summed E-state index contributed by atoms with van der Waals surface area (Å²) < 4.78 is 0. The molecule has 0 bridgehead atoms. The van der Waals surface area contributed by atoms with E-state index in [4.69, 9.17) is 5.73 Å². The van der Waals surface area contributed by atoms with E-state index < -0.39 is 6.04 Å². The highest BCUT2D eigenvalue weighted by Gasteiger charge is 2.24. The van der Waals surface area contributed by atoms with Gasteiger partial charge in [0.05, 0.1) is 6.04 Å². The summed E-state index contributed by atoms with van der Waals surface area (Å²) in [5.74, 6) is 0.793. The Labute approximate surface area is 106 Å². The molecule has 1 aromatic heterocycles. The zero-order valence-electron chi connectivity index (χ0n) is 10.3. The van der Waals surface area contributed by atoms with Gasteiger partial charge in [-0.25, -0.2) is 0 Å². The number of H-pyrrole nitrogens is 1. The molecule has 0 saturated heterocycles. The van der Waals surface area contributed by atoms with Crippen molar-refractivity contribution in [3.8, 4) is 0 Å². The molecule has 4 N–H and O–H groups in total. The van der Waals surface area contributed by atoms with E-state index in [1.165, 1.54) is 23.8 Å². The molecule has 94 valence electrons. The number of fused-ring (bicyclic) bond motifs is 1. The molecule has 1 aromatic carbocycles. The van der Waals surface area contributed by atoms with Gasteiger partial charge in [-0.05, 0) is 48.4 Å². The third-order valence-electron chi connectivity index (χ3n) is 3.71. The molecule has 0 radical (unpaired) electrons. The Kier molecular flexibility index (Phi) is 2.63. The first-order valence-electron chi connectivity index (χ1n) is 6.38.